The van der Waals surface area contributed by atoms with Crippen LogP contribution in [-0.4, -0.2) is 75.6 Å². The number of benzene rings is 2. The fourth-order valence-electron chi connectivity index (χ4n) is 5.42. The van der Waals surface area contributed by atoms with Gasteiger partial charge in [-0.2, -0.15) is 8.42 Å². The van der Waals surface area contributed by atoms with Gasteiger partial charge in [0.15, 0.2) is 17.7 Å². The number of unbranched alkanes of at least 4 members (excludes halogenated alkanes) is 7. The van der Waals surface area contributed by atoms with Crippen LogP contribution in [0, 0.1) is 0 Å². The molecule has 248 valence electrons. The van der Waals surface area contributed by atoms with Gasteiger partial charge in [-0.15, -0.1) is 0 Å². The average molecular weight is 657 g/mol. The van der Waals surface area contributed by atoms with Crippen LogP contribution < -0.4 is 15.2 Å². The van der Waals surface area contributed by atoms with Gasteiger partial charge < -0.3 is 25.4 Å². The van der Waals surface area contributed by atoms with E-state index >= 15 is 0 Å². The number of nitrogens with zero attached hydrogens (tertiary/aromatic N) is 4. The molecule has 1 amide bonds. The molecule has 0 saturated carbocycles. The lowest BCUT2D eigenvalue weighted by Crippen LogP contribution is -2.37. The molecule has 2 aromatic carbocycles. The molecule has 2 aromatic heterocycles. The molecule has 1 saturated heterocycles. The number of imidazole rings is 1. The lowest BCUT2D eigenvalue weighted by molar-refractivity contribution is -0.119. The Bertz CT molecular complexity index is 1720. The van der Waals surface area contributed by atoms with E-state index in [-0.39, 0.29) is 23.4 Å². The van der Waals surface area contributed by atoms with Gasteiger partial charge in [0.05, 0.1) is 19.5 Å². The van der Waals surface area contributed by atoms with Crippen molar-refractivity contribution in [3.05, 3.63) is 55.1 Å². The summed E-state index contributed by atoms with van der Waals surface area (Å²) in [6.07, 6.45) is 4.95. The molecule has 5 rings (SSSR count). The topological polar surface area (TPSA) is 201 Å². The van der Waals surface area contributed by atoms with Crippen LogP contribution in [0.15, 0.2) is 55.1 Å². The van der Waals surface area contributed by atoms with Gasteiger partial charge in [0.1, 0.15) is 35.9 Å². The first-order chi connectivity index (χ1) is 22.2. The molecule has 0 spiro atoms. The fourth-order valence-corrected chi connectivity index (χ4v) is 6.18. The van der Waals surface area contributed by atoms with Crippen LogP contribution >= 0.6 is 0 Å². The Morgan fingerprint density at radius 3 is 2.43 bits per heavy atom. The highest BCUT2D eigenvalue weighted by molar-refractivity contribution is 7.85. The Morgan fingerprint density at radius 2 is 1.65 bits per heavy atom. The number of fused-ring (bicyclic) bond motifs is 2. The zero-order valence-corrected chi connectivity index (χ0v) is 26.2. The van der Waals surface area contributed by atoms with Crippen molar-refractivity contribution in [2.45, 2.75) is 82.3 Å². The van der Waals surface area contributed by atoms with E-state index in [1.54, 1.807) is 0 Å². The van der Waals surface area contributed by atoms with Crippen molar-refractivity contribution in [1.82, 2.24) is 24.2 Å². The van der Waals surface area contributed by atoms with Crippen molar-refractivity contribution >= 4 is 44.0 Å². The van der Waals surface area contributed by atoms with Crippen LogP contribution in [-0.2, 0) is 24.0 Å². The molecule has 0 radical (unpaired) electrons. The van der Waals surface area contributed by atoms with Crippen molar-refractivity contribution in [3.8, 4) is 5.75 Å². The maximum atomic E-state index is 12.3. The molecular formula is C31H40N6O8S. The molecule has 3 heterocycles. The summed E-state index contributed by atoms with van der Waals surface area (Å²) in [5, 5.41) is 23.3. The molecule has 5 N–H and O–H groups in total. The van der Waals surface area contributed by atoms with Crippen molar-refractivity contribution in [1.29, 1.82) is 0 Å². The van der Waals surface area contributed by atoms with Gasteiger partial charge in [0, 0.05) is 6.42 Å². The van der Waals surface area contributed by atoms with Gasteiger partial charge in [0.25, 0.3) is 0 Å². The smallest absolute Gasteiger partial charge is 0.362 e. The second-order valence-electron chi connectivity index (χ2n) is 11.3. The number of carbonyl (C=O) groups is 1. The molecule has 1 fully saturated rings. The Morgan fingerprint density at radius 1 is 0.935 bits per heavy atom. The maximum Gasteiger partial charge on any atom is 0.362 e. The summed E-state index contributed by atoms with van der Waals surface area (Å²) in [6.45, 7) is 0.0577. The third kappa shape index (κ3) is 8.67. The zero-order chi connectivity index (χ0) is 32.5. The van der Waals surface area contributed by atoms with E-state index in [0.717, 1.165) is 50.7 Å². The van der Waals surface area contributed by atoms with E-state index in [9.17, 15) is 23.4 Å². The maximum absolute atomic E-state index is 12.3. The second kappa shape index (κ2) is 15.6. The summed E-state index contributed by atoms with van der Waals surface area (Å²) in [5.41, 5.74) is 6.34. The van der Waals surface area contributed by atoms with Crippen molar-refractivity contribution < 1.29 is 37.1 Å². The first-order valence-corrected chi connectivity index (χ1v) is 16.9. The van der Waals surface area contributed by atoms with Gasteiger partial charge >= 0.3 is 10.3 Å². The lowest BCUT2D eigenvalue weighted by atomic mass is 10.1. The highest BCUT2D eigenvalue weighted by Crippen LogP contribution is 2.32. The highest BCUT2D eigenvalue weighted by Gasteiger charge is 2.45. The minimum Gasteiger partial charge on any atom is -0.494 e. The largest absolute Gasteiger partial charge is 0.494 e. The third-order valence-corrected chi connectivity index (χ3v) is 8.84. The van der Waals surface area contributed by atoms with Crippen LogP contribution in [0.1, 0.15) is 64.0 Å². The minimum atomic E-state index is -4.45. The van der Waals surface area contributed by atoms with Crippen molar-refractivity contribution in [3.63, 3.8) is 0 Å². The van der Waals surface area contributed by atoms with E-state index < -0.39 is 47.4 Å². The molecular weight excluding hydrogens is 616 g/mol. The van der Waals surface area contributed by atoms with Gasteiger partial charge in [-0.3, -0.25) is 13.5 Å². The highest BCUT2D eigenvalue weighted by atomic mass is 32.2. The monoisotopic (exact) mass is 656 g/mol. The predicted octanol–water partition coefficient (Wildman–Crippen LogP) is 3.15. The number of ether oxygens (including phenoxy) is 2. The number of aliphatic hydroxyl groups excluding tert-OH is 2. The molecule has 1 aliphatic heterocycles. The fraction of sp³-hybridized carbons (Fsp3) is 0.484. The van der Waals surface area contributed by atoms with E-state index in [0.29, 0.717) is 13.0 Å². The normalized spacial score (nSPS) is 20.0. The Kier molecular flexibility index (Phi) is 11.4. The molecule has 15 heteroatoms. The van der Waals surface area contributed by atoms with E-state index in [2.05, 4.69) is 39.2 Å². The number of rotatable bonds is 17. The summed E-state index contributed by atoms with van der Waals surface area (Å²) in [5.74, 6) is 0.337. The number of aliphatic hydroxyl groups is 2. The van der Waals surface area contributed by atoms with Crippen molar-refractivity contribution in [2.75, 3.05) is 18.9 Å². The number of anilines is 1. The second-order valence-corrected chi connectivity index (χ2v) is 12.7. The SMILES string of the molecule is Nc1ncnc2c1ncn2[C@@H]1O[C@H](COS(=O)(=O)NC(=O)CCCCCCCCCCOc2ccc3ccccc3c2)[C@@H](O)[C@H]1O. The predicted molar refractivity (Wildman–Crippen MR) is 170 cm³/mol. The Hall–Kier alpha value is -3.89. The van der Waals surface area contributed by atoms with Crippen LogP contribution in [0.25, 0.3) is 21.9 Å². The van der Waals surface area contributed by atoms with Gasteiger partial charge in [0.2, 0.25) is 5.91 Å². The summed E-state index contributed by atoms with van der Waals surface area (Å²) >= 11 is 0. The van der Waals surface area contributed by atoms with E-state index in [1.165, 1.54) is 28.0 Å². The molecule has 46 heavy (non-hydrogen) atoms. The molecule has 4 atom stereocenters. The molecule has 14 nitrogen and oxygen atoms in total. The van der Waals surface area contributed by atoms with Crippen LogP contribution in [0.2, 0.25) is 0 Å². The Labute approximate surface area is 267 Å². The Balaban J connectivity index is 0.911. The number of hydrogen-bond acceptors (Lipinski definition) is 12. The molecule has 0 bridgehead atoms. The zero-order valence-electron chi connectivity index (χ0n) is 25.4. The molecule has 4 aromatic rings. The number of nitrogens with one attached hydrogen (secondary N) is 1. The number of nitrogens with two attached hydrogens (primary N) is 1. The molecule has 0 unspecified atom stereocenters. The first kappa shape index (κ1) is 33.5. The minimum absolute atomic E-state index is 0.0384. The summed E-state index contributed by atoms with van der Waals surface area (Å²) < 4.78 is 44.3. The lowest BCUT2D eigenvalue weighted by Gasteiger charge is -2.16. The number of carbonyl (C=O) groups excluding carboxylic acids is 1. The standard InChI is InChI=1S/C31H40N6O8S/c32-29-26-30(34-19-33-29)37(20-35-26)31-28(40)27(39)24(45-31)18-44-46(41,42)36-25(38)13-7-5-3-1-2-4-6-10-16-43-23-15-14-21-11-8-9-12-22(21)17-23/h8-9,11-12,14-15,17,19-20,24,27-28,31,39-40H,1-7,10,13,16,18H2,(H,36,38)(H2,32,33,34)/t24-,27-,28-,31-/m1/s1. The first-order valence-electron chi connectivity index (χ1n) is 15.5. The summed E-state index contributed by atoms with van der Waals surface area (Å²) in [7, 11) is -4.45. The number of amides is 1. The summed E-state index contributed by atoms with van der Waals surface area (Å²) in [4.78, 5) is 24.2. The van der Waals surface area contributed by atoms with Crippen LogP contribution in [0.3, 0.4) is 0 Å². The quantitative estimate of drug-likeness (QED) is 0.121. The number of hydrogen-bond donors (Lipinski definition) is 4. The van der Waals surface area contributed by atoms with Crippen LogP contribution in [0.5, 0.6) is 5.75 Å². The molecule has 0 aliphatic carbocycles. The van der Waals surface area contributed by atoms with Crippen molar-refractivity contribution in [2.24, 2.45) is 0 Å². The van der Waals surface area contributed by atoms with E-state index in [1.807, 2.05) is 22.9 Å². The average Bonchev–Trinajstić information content (AvgIpc) is 3.59. The van der Waals surface area contributed by atoms with Gasteiger partial charge in [-0.05, 0) is 35.7 Å². The van der Waals surface area contributed by atoms with Crippen LogP contribution in [0.4, 0.5) is 5.82 Å². The van der Waals surface area contributed by atoms with Gasteiger partial charge in [-0.1, -0.05) is 68.9 Å². The molecule has 1 aliphatic rings. The third-order valence-electron chi connectivity index (χ3n) is 7.91. The van der Waals surface area contributed by atoms with E-state index in [4.69, 9.17) is 19.4 Å². The summed E-state index contributed by atoms with van der Waals surface area (Å²) in [6, 6.07) is 14.3. The number of aromatic nitrogens is 4. The van der Waals surface area contributed by atoms with Gasteiger partial charge in [-0.25, -0.2) is 19.7 Å². The number of nitrogen functional groups attached to an aromatic ring is 1.